The lowest BCUT2D eigenvalue weighted by Gasteiger charge is -2.40. The molecule has 1 aliphatic rings. The molecule has 1 aliphatic heterocycles. The van der Waals surface area contributed by atoms with Crippen molar-refractivity contribution in [2.24, 2.45) is 5.73 Å². The van der Waals surface area contributed by atoms with Gasteiger partial charge < -0.3 is 40.9 Å². The van der Waals surface area contributed by atoms with Crippen LogP contribution in [0.2, 0.25) is 6.32 Å². The number of carbonyl (C=O) groups is 3. The SMILES string of the molecule is CC(=O)NCC(N)C(=O)N1CC(Oc2ccc(CCB(O)O)c(O)c2C(=O)O)C1. The number of nitrogens with two attached hydrogens (primary N) is 1. The Balaban J connectivity index is 1.99. The Hall–Kier alpha value is -2.83. The van der Waals surface area contributed by atoms with Crippen LogP contribution in [-0.2, 0) is 16.0 Å². The highest BCUT2D eigenvalue weighted by molar-refractivity contribution is 6.41. The maximum atomic E-state index is 12.2. The minimum absolute atomic E-state index is 0.0111. The summed E-state index contributed by atoms with van der Waals surface area (Å²) >= 11 is 0. The van der Waals surface area contributed by atoms with Gasteiger partial charge in [0.25, 0.3) is 0 Å². The van der Waals surface area contributed by atoms with E-state index in [0.717, 1.165) is 0 Å². The van der Waals surface area contributed by atoms with Gasteiger partial charge in [0.1, 0.15) is 29.2 Å². The van der Waals surface area contributed by atoms with E-state index in [1.807, 2.05) is 0 Å². The van der Waals surface area contributed by atoms with Crippen LogP contribution < -0.4 is 15.8 Å². The molecule has 1 unspecified atom stereocenters. The number of likely N-dealkylation sites (tertiary alicyclic amines) is 1. The maximum absolute atomic E-state index is 12.2. The highest BCUT2D eigenvalue weighted by Gasteiger charge is 2.35. The fraction of sp³-hybridized carbons (Fsp3) is 0.471. The summed E-state index contributed by atoms with van der Waals surface area (Å²) in [5, 5.41) is 40.0. The highest BCUT2D eigenvalue weighted by atomic mass is 16.5. The standard InChI is InChI=1S/C17H24BN3O8/c1-9(22)20-6-12(19)16(24)21-7-11(8-21)29-13-3-2-10(4-5-18(27)28)15(23)14(13)17(25)26/h2-3,11-12,23,27-28H,4-8,19H2,1H3,(H,20,22)(H,25,26). The molecule has 7 N–H and O–H groups in total. The van der Waals surface area contributed by atoms with Gasteiger partial charge in [-0.25, -0.2) is 4.79 Å². The summed E-state index contributed by atoms with van der Waals surface area (Å²) in [7, 11) is -1.57. The number of nitrogens with zero attached hydrogens (tertiary/aromatic N) is 1. The van der Waals surface area contributed by atoms with E-state index < -0.39 is 36.5 Å². The van der Waals surface area contributed by atoms with Gasteiger partial charge in [-0.05, 0) is 24.4 Å². The maximum Gasteiger partial charge on any atom is 0.451 e. The Kier molecular flexibility index (Phi) is 7.43. The van der Waals surface area contributed by atoms with Gasteiger partial charge in [-0.2, -0.15) is 0 Å². The van der Waals surface area contributed by atoms with Gasteiger partial charge in [-0.15, -0.1) is 0 Å². The molecule has 158 valence electrons. The zero-order chi connectivity index (χ0) is 21.7. The van der Waals surface area contributed by atoms with E-state index in [9.17, 15) is 24.6 Å². The van der Waals surface area contributed by atoms with Crippen LogP contribution in [0.4, 0.5) is 0 Å². The number of hydrogen-bond acceptors (Lipinski definition) is 8. The largest absolute Gasteiger partial charge is 0.507 e. The van der Waals surface area contributed by atoms with Crippen LogP contribution in [0.1, 0.15) is 22.8 Å². The quantitative estimate of drug-likeness (QED) is 0.255. The second kappa shape index (κ2) is 9.59. The predicted octanol–water partition coefficient (Wildman–Crippen LogP) is -1.84. The van der Waals surface area contributed by atoms with Gasteiger partial charge >= 0.3 is 13.1 Å². The summed E-state index contributed by atoms with van der Waals surface area (Å²) in [5.41, 5.74) is 5.55. The highest BCUT2D eigenvalue weighted by Crippen LogP contribution is 2.33. The lowest BCUT2D eigenvalue weighted by Crippen LogP contribution is -2.61. The average molecular weight is 409 g/mol. The summed E-state index contributed by atoms with van der Waals surface area (Å²) in [6, 6.07) is 1.94. The molecule has 2 amide bonds. The number of amides is 2. The first-order valence-electron chi connectivity index (χ1n) is 8.99. The van der Waals surface area contributed by atoms with E-state index >= 15 is 0 Å². The Bertz CT molecular complexity index is 782. The van der Waals surface area contributed by atoms with Crippen LogP contribution in [-0.4, -0.2) is 81.8 Å². The van der Waals surface area contributed by atoms with Gasteiger partial charge in [0.05, 0.1) is 13.1 Å². The van der Waals surface area contributed by atoms with E-state index in [2.05, 4.69) is 5.32 Å². The van der Waals surface area contributed by atoms with Gasteiger partial charge in [0, 0.05) is 13.5 Å². The molecule has 1 aromatic rings. The van der Waals surface area contributed by atoms with Crippen LogP contribution in [0.5, 0.6) is 11.5 Å². The van der Waals surface area contributed by atoms with E-state index in [4.69, 9.17) is 20.5 Å². The van der Waals surface area contributed by atoms with Crippen molar-refractivity contribution in [3.05, 3.63) is 23.3 Å². The van der Waals surface area contributed by atoms with Crippen molar-refractivity contribution in [2.45, 2.75) is 31.8 Å². The fourth-order valence-corrected chi connectivity index (χ4v) is 2.85. The van der Waals surface area contributed by atoms with Crippen molar-refractivity contribution in [3.63, 3.8) is 0 Å². The van der Waals surface area contributed by atoms with E-state index in [-0.39, 0.29) is 55.5 Å². The van der Waals surface area contributed by atoms with E-state index in [1.165, 1.54) is 24.0 Å². The molecule has 0 spiro atoms. The van der Waals surface area contributed by atoms with Crippen LogP contribution in [0.15, 0.2) is 12.1 Å². The number of benzene rings is 1. The first-order valence-corrected chi connectivity index (χ1v) is 8.99. The summed E-state index contributed by atoms with van der Waals surface area (Å²) < 4.78 is 5.62. The van der Waals surface area contributed by atoms with Crippen molar-refractivity contribution in [1.82, 2.24) is 10.2 Å². The van der Waals surface area contributed by atoms with Gasteiger partial charge in [-0.3, -0.25) is 9.59 Å². The van der Waals surface area contributed by atoms with Crippen molar-refractivity contribution < 1.29 is 39.4 Å². The smallest absolute Gasteiger partial charge is 0.451 e. The third-order valence-corrected chi connectivity index (χ3v) is 4.45. The van der Waals surface area contributed by atoms with Gasteiger partial charge in [-0.1, -0.05) is 6.07 Å². The number of carboxylic acids is 1. The monoisotopic (exact) mass is 409 g/mol. The predicted molar refractivity (Wildman–Crippen MR) is 101 cm³/mol. The number of aryl methyl sites for hydroxylation is 1. The number of aromatic hydroxyl groups is 1. The van der Waals surface area contributed by atoms with Crippen LogP contribution in [0, 0.1) is 0 Å². The minimum atomic E-state index is -1.57. The van der Waals surface area contributed by atoms with Gasteiger partial charge in [0.2, 0.25) is 11.8 Å². The molecule has 1 atom stereocenters. The summed E-state index contributed by atoms with van der Waals surface area (Å²) in [6.07, 6.45) is -0.470. The number of phenols is 1. The van der Waals surface area contributed by atoms with Crippen molar-refractivity contribution in [2.75, 3.05) is 19.6 Å². The fourth-order valence-electron chi connectivity index (χ4n) is 2.85. The van der Waals surface area contributed by atoms with Crippen LogP contribution >= 0.6 is 0 Å². The molecular weight excluding hydrogens is 385 g/mol. The third kappa shape index (κ3) is 5.83. The van der Waals surface area contributed by atoms with Gasteiger partial charge in [0.15, 0.2) is 0 Å². The number of rotatable bonds is 9. The Morgan fingerprint density at radius 1 is 1.34 bits per heavy atom. The molecule has 1 aromatic carbocycles. The molecule has 0 aliphatic carbocycles. The molecule has 1 saturated heterocycles. The van der Waals surface area contributed by atoms with E-state index in [0.29, 0.717) is 0 Å². The second-order valence-corrected chi connectivity index (χ2v) is 6.80. The topological polar surface area (TPSA) is 183 Å². The molecular formula is C17H24BN3O8. The lowest BCUT2D eigenvalue weighted by molar-refractivity contribution is -0.141. The minimum Gasteiger partial charge on any atom is -0.507 e. The zero-order valence-electron chi connectivity index (χ0n) is 15.9. The molecule has 0 radical (unpaired) electrons. The Labute approximate surface area is 167 Å². The average Bonchev–Trinajstić information content (AvgIpc) is 2.60. The number of carbonyl (C=O) groups excluding carboxylic acids is 2. The van der Waals surface area contributed by atoms with Crippen molar-refractivity contribution >= 4 is 24.9 Å². The summed E-state index contributed by atoms with van der Waals surface area (Å²) in [5.74, 6) is -2.61. The molecule has 0 saturated carbocycles. The normalized spacial score (nSPS) is 14.7. The zero-order valence-corrected chi connectivity index (χ0v) is 15.9. The van der Waals surface area contributed by atoms with Crippen LogP contribution in [0.25, 0.3) is 0 Å². The van der Waals surface area contributed by atoms with Crippen molar-refractivity contribution in [1.29, 1.82) is 0 Å². The Morgan fingerprint density at radius 2 is 2.00 bits per heavy atom. The van der Waals surface area contributed by atoms with Crippen LogP contribution in [0.3, 0.4) is 0 Å². The third-order valence-electron chi connectivity index (χ3n) is 4.45. The molecule has 12 heteroatoms. The molecule has 1 heterocycles. The summed E-state index contributed by atoms with van der Waals surface area (Å²) in [4.78, 5) is 36.0. The molecule has 29 heavy (non-hydrogen) atoms. The number of nitrogens with one attached hydrogen (secondary N) is 1. The number of carboxylic acid groups (broad SMARTS) is 1. The molecule has 11 nitrogen and oxygen atoms in total. The molecule has 2 rings (SSSR count). The molecule has 1 fully saturated rings. The first kappa shape index (κ1) is 22.5. The lowest BCUT2D eigenvalue weighted by atomic mass is 9.82. The number of ether oxygens (including phenoxy) is 1. The van der Waals surface area contributed by atoms with E-state index in [1.54, 1.807) is 0 Å². The Morgan fingerprint density at radius 3 is 2.55 bits per heavy atom. The number of hydrogen-bond donors (Lipinski definition) is 6. The molecule has 0 aromatic heterocycles. The number of aromatic carboxylic acids is 1. The second-order valence-electron chi connectivity index (χ2n) is 6.80. The molecule has 0 bridgehead atoms. The van der Waals surface area contributed by atoms with Crippen molar-refractivity contribution in [3.8, 4) is 11.5 Å². The first-order chi connectivity index (χ1) is 13.6. The summed E-state index contributed by atoms with van der Waals surface area (Å²) in [6.45, 7) is 1.70.